The molecule has 1 N–H and O–H groups in total. The van der Waals surface area contributed by atoms with Crippen LogP contribution in [0.4, 0.5) is 5.69 Å². The third-order valence-corrected chi connectivity index (χ3v) is 7.73. The Bertz CT molecular complexity index is 1270. The number of likely N-dealkylation sites (N-methyl/N-ethyl adjacent to an activating group) is 1. The summed E-state index contributed by atoms with van der Waals surface area (Å²) in [7, 11) is 4.43. The number of anilines is 1. The lowest BCUT2D eigenvalue weighted by Crippen LogP contribution is -2.44. The third kappa shape index (κ3) is 3.99. The van der Waals surface area contributed by atoms with E-state index in [4.69, 9.17) is 4.98 Å². The number of benzene rings is 2. The molecule has 6 rings (SSSR count). The highest BCUT2D eigenvalue weighted by Crippen LogP contribution is 2.34. The Morgan fingerprint density at radius 3 is 2.26 bits per heavy atom. The molecule has 2 fully saturated rings. The molecule has 5 heteroatoms. The van der Waals surface area contributed by atoms with Gasteiger partial charge in [-0.05, 0) is 68.4 Å². The molecular weight excluding hydrogens is 418 g/mol. The molecule has 0 amide bonds. The van der Waals surface area contributed by atoms with Crippen LogP contribution in [0.25, 0.3) is 33.3 Å². The third-order valence-electron chi connectivity index (χ3n) is 7.73. The Kier molecular flexibility index (Phi) is 5.60. The van der Waals surface area contributed by atoms with Crippen molar-refractivity contribution in [1.82, 2.24) is 19.8 Å². The summed E-state index contributed by atoms with van der Waals surface area (Å²) < 4.78 is 0. The fourth-order valence-electron chi connectivity index (χ4n) is 5.55. The highest BCUT2D eigenvalue weighted by atomic mass is 15.2. The van der Waals surface area contributed by atoms with Crippen LogP contribution in [0.15, 0.2) is 67.0 Å². The molecule has 174 valence electrons. The molecular formula is C29H33N5. The molecule has 2 aliphatic heterocycles. The lowest BCUT2D eigenvalue weighted by molar-refractivity contribution is 0.313. The van der Waals surface area contributed by atoms with Crippen LogP contribution in [0, 0.1) is 0 Å². The molecule has 0 radical (unpaired) electrons. The summed E-state index contributed by atoms with van der Waals surface area (Å²) >= 11 is 0. The van der Waals surface area contributed by atoms with Gasteiger partial charge in [-0.15, -0.1) is 0 Å². The zero-order valence-electron chi connectivity index (χ0n) is 20.2. The first-order valence-corrected chi connectivity index (χ1v) is 12.5. The van der Waals surface area contributed by atoms with Gasteiger partial charge in [0.1, 0.15) is 5.65 Å². The molecule has 1 atom stereocenters. The number of likely N-dealkylation sites (tertiary alicyclic amines) is 1. The van der Waals surface area contributed by atoms with Gasteiger partial charge in [-0.1, -0.05) is 36.4 Å². The number of aromatic amines is 1. The van der Waals surface area contributed by atoms with Crippen LogP contribution in [-0.4, -0.2) is 66.6 Å². The zero-order chi connectivity index (χ0) is 23.1. The van der Waals surface area contributed by atoms with Crippen molar-refractivity contribution < 1.29 is 0 Å². The number of pyridine rings is 1. The van der Waals surface area contributed by atoms with Crippen LogP contribution in [0.1, 0.15) is 24.4 Å². The van der Waals surface area contributed by atoms with Gasteiger partial charge in [0.2, 0.25) is 0 Å². The van der Waals surface area contributed by atoms with E-state index in [0.29, 0.717) is 6.04 Å². The van der Waals surface area contributed by atoms with Gasteiger partial charge in [-0.2, -0.15) is 0 Å². The second kappa shape index (κ2) is 8.90. The second-order valence-corrected chi connectivity index (χ2v) is 9.92. The van der Waals surface area contributed by atoms with Crippen LogP contribution in [0.2, 0.25) is 0 Å². The van der Waals surface area contributed by atoms with Crippen LogP contribution >= 0.6 is 0 Å². The molecule has 2 saturated heterocycles. The SMILES string of the molecule is CN1CCN(c2ccc(-c3cnc4[nH]cc(-c5ccc(C6CCCN6C)cc5)c4c3)cc2)CC1. The number of fused-ring (bicyclic) bond motifs is 1. The molecule has 0 saturated carbocycles. The molecule has 0 aliphatic carbocycles. The molecule has 0 bridgehead atoms. The fourth-order valence-corrected chi connectivity index (χ4v) is 5.55. The van der Waals surface area contributed by atoms with Crippen LogP contribution in [0.5, 0.6) is 0 Å². The minimum atomic E-state index is 0.555. The lowest BCUT2D eigenvalue weighted by atomic mass is 9.98. The maximum atomic E-state index is 4.74. The van der Waals surface area contributed by atoms with Crippen molar-refractivity contribution >= 4 is 16.7 Å². The molecule has 2 aliphatic rings. The van der Waals surface area contributed by atoms with Gasteiger partial charge >= 0.3 is 0 Å². The Morgan fingerprint density at radius 2 is 1.56 bits per heavy atom. The van der Waals surface area contributed by atoms with E-state index in [0.717, 1.165) is 37.4 Å². The Labute approximate surface area is 202 Å². The van der Waals surface area contributed by atoms with E-state index >= 15 is 0 Å². The van der Waals surface area contributed by atoms with Gasteiger partial charge in [0.15, 0.2) is 0 Å². The topological polar surface area (TPSA) is 38.4 Å². The minimum absolute atomic E-state index is 0.555. The summed E-state index contributed by atoms with van der Waals surface area (Å²) in [4.78, 5) is 15.4. The van der Waals surface area contributed by atoms with Crippen molar-refractivity contribution in [2.24, 2.45) is 0 Å². The second-order valence-electron chi connectivity index (χ2n) is 9.92. The number of hydrogen-bond acceptors (Lipinski definition) is 4. The summed E-state index contributed by atoms with van der Waals surface area (Å²) in [6.07, 6.45) is 6.61. The van der Waals surface area contributed by atoms with E-state index in [9.17, 15) is 0 Å². The van der Waals surface area contributed by atoms with Gasteiger partial charge in [0.25, 0.3) is 0 Å². The number of hydrogen-bond donors (Lipinski definition) is 1. The molecule has 1 unspecified atom stereocenters. The van der Waals surface area contributed by atoms with Gasteiger partial charge < -0.3 is 14.8 Å². The van der Waals surface area contributed by atoms with E-state index in [1.54, 1.807) is 0 Å². The standard InChI is InChI=1S/C29H33N5/c1-32-14-16-34(17-15-32)25-11-9-21(10-12-25)24-18-26-27(20-31-29(26)30-19-24)22-5-7-23(8-6-22)28-4-3-13-33(28)2/h5-12,18-20,28H,3-4,13-17H2,1-2H3,(H,30,31). The summed E-state index contributed by atoms with van der Waals surface area (Å²) in [6.45, 7) is 5.62. The van der Waals surface area contributed by atoms with Crippen molar-refractivity contribution in [3.8, 4) is 22.3 Å². The van der Waals surface area contributed by atoms with E-state index in [1.807, 2.05) is 6.20 Å². The number of nitrogens with one attached hydrogen (secondary N) is 1. The Balaban J connectivity index is 1.26. The van der Waals surface area contributed by atoms with Crippen molar-refractivity contribution in [2.45, 2.75) is 18.9 Å². The Hall–Kier alpha value is -3.15. The van der Waals surface area contributed by atoms with E-state index in [1.165, 1.54) is 52.7 Å². The number of aromatic nitrogens is 2. The van der Waals surface area contributed by atoms with E-state index in [2.05, 4.69) is 94.6 Å². The zero-order valence-corrected chi connectivity index (χ0v) is 20.2. The summed E-state index contributed by atoms with van der Waals surface area (Å²) in [5, 5.41) is 1.17. The van der Waals surface area contributed by atoms with Crippen LogP contribution in [0.3, 0.4) is 0 Å². The number of H-pyrrole nitrogens is 1. The smallest absolute Gasteiger partial charge is 0.137 e. The van der Waals surface area contributed by atoms with E-state index in [-0.39, 0.29) is 0 Å². The maximum Gasteiger partial charge on any atom is 0.137 e. The highest BCUT2D eigenvalue weighted by Gasteiger charge is 2.22. The van der Waals surface area contributed by atoms with Crippen molar-refractivity contribution in [3.05, 3.63) is 72.6 Å². The first kappa shape index (κ1) is 21.4. The van der Waals surface area contributed by atoms with Crippen molar-refractivity contribution in [3.63, 3.8) is 0 Å². The summed E-state index contributed by atoms with van der Waals surface area (Å²) in [6, 6.07) is 20.9. The predicted molar refractivity (Wildman–Crippen MR) is 141 cm³/mol. The Morgan fingerprint density at radius 1 is 0.824 bits per heavy atom. The molecule has 4 heterocycles. The van der Waals surface area contributed by atoms with Gasteiger partial charge in [-0.25, -0.2) is 4.98 Å². The number of piperazine rings is 1. The largest absolute Gasteiger partial charge is 0.369 e. The average Bonchev–Trinajstić information content (AvgIpc) is 3.50. The van der Waals surface area contributed by atoms with Crippen LogP contribution in [-0.2, 0) is 0 Å². The van der Waals surface area contributed by atoms with Crippen molar-refractivity contribution in [1.29, 1.82) is 0 Å². The molecule has 2 aromatic heterocycles. The number of nitrogens with zero attached hydrogens (tertiary/aromatic N) is 4. The lowest BCUT2D eigenvalue weighted by Gasteiger charge is -2.34. The predicted octanol–water partition coefficient (Wildman–Crippen LogP) is 5.42. The molecule has 0 spiro atoms. The van der Waals surface area contributed by atoms with Gasteiger partial charge in [-0.3, -0.25) is 4.90 Å². The maximum absolute atomic E-state index is 4.74. The molecule has 4 aromatic rings. The first-order valence-electron chi connectivity index (χ1n) is 12.5. The monoisotopic (exact) mass is 451 g/mol. The summed E-state index contributed by atoms with van der Waals surface area (Å²) in [5.74, 6) is 0. The van der Waals surface area contributed by atoms with Gasteiger partial charge in [0.05, 0.1) is 0 Å². The minimum Gasteiger partial charge on any atom is -0.369 e. The first-order chi connectivity index (χ1) is 16.7. The number of rotatable bonds is 4. The highest BCUT2D eigenvalue weighted by molar-refractivity contribution is 5.95. The van der Waals surface area contributed by atoms with E-state index < -0.39 is 0 Å². The van der Waals surface area contributed by atoms with Crippen molar-refractivity contribution in [2.75, 3.05) is 51.7 Å². The quantitative estimate of drug-likeness (QED) is 0.450. The normalized spacial score (nSPS) is 19.8. The molecule has 5 nitrogen and oxygen atoms in total. The molecule has 2 aromatic carbocycles. The van der Waals surface area contributed by atoms with Gasteiger partial charge in [0, 0.05) is 66.8 Å². The average molecular weight is 452 g/mol. The fraction of sp³-hybridized carbons (Fsp3) is 0.345. The molecule has 34 heavy (non-hydrogen) atoms. The van der Waals surface area contributed by atoms with Crippen LogP contribution < -0.4 is 4.90 Å². The summed E-state index contributed by atoms with van der Waals surface area (Å²) in [5.41, 5.74) is 8.47.